The molecule has 4 aliphatic rings. The highest BCUT2D eigenvalue weighted by Crippen LogP contribution is 2.65. The Balaban J connectivity index is 1.60. The van der Waals surface area contributed by atoms with Crippen LogP contribution in [0.3, 0.4) is 0 Å². The molecule has 0 aromatic carbocycles. The Morgan fingerprint density at radius 2 is 1.86 bits per heavy atom. The van der Waals surface area contributed by atoms with Crippen molar-refractivity contribution >= 4 is 11.7 Å². The molecule has 0 saturated heterocycles. The van der Waals surface area contributed by atoms with Gasteiger partial charge in [-0.3, -0.25) is 0 Å². The standard InChI is InChI=1S/C23H36N2O3/c1-4-28-21(26)20(25-24)23(27)12-10-19-18-8-6-15-13-14(2)5-7-16(15)17(18)9-11-22(19,23)3/h14-19,27H,4-13H2,1-3H3/t14-,15-,16+,17-,18-,19+,22+,23?/m1/s1. The van der Waals surface area contributed by atoms with Gasteiger partial charge in [0.15, 0.2) is 5.60 Å². The van der Waals surface area contributed by atoms with Gasteiger partial charge in [0.05, 0.1) is 6.61 Å². The minimum Gasteiger partial charge on any atom is -0.457 e. The lowest BCUT2D eigenvalue weighted by molar-refractivity contribution is -0.151. The van der Waals surface area contributed by atoms with E-state index in [1.807, 2.05) is 0 Å². The zero-order valence-electron chi connectivity index (χ0n) is 17.7. The van der Waals surface area contributed by atoms with Crippen molar-refractivity contribution in [2.75, 3.05) is 6.61 Å². The van der Waals surface area contributed by atoms with Gasteiger partial charge in [0, 0.05) is 5.41 Å². The minimum absolute atomic E-state index is 0.182. The van der Waals surface area contributed by atoms with Crippen molar-refractivity contribution in [3.8, 4) is 0 Å². The van der Waals surface area contributed by atoms with E-state index in [0.29, 0.717) is 18.3 Å². The monoisotopic (exact) mass is 388 g/mol. The maximum absolute atomic E-state index is 12.4. The number of hydrogen-bond donors (Lipinski definition) is 1. The molecule has 1 unspecified atom stereocenters. The first kappa shape index (κ1) is 20.1. The minimum atomic E-state index is -1.39. The Kier molecular flexibility index (Phi) is 5.20. The van der Waals surface area contributed by atoms with Gasteiger partial charge < -0.3 is 15.4 Å². The van der Waals surface area contributed by atoms with Crippen molar-refractivity contribution in [2.45, 2.75) is 84.2 Å². The van der Waals surface area contributed by atoms with Crippen molar-refractivity contribution in [3.63, 3.8) is 0 Å². The van der Waals surface area contributed by atoms with Crippen molar-refractivity contribution in [3.05, 3.63) is 5.53 Å². The van der Waals surface area contributed by atoms with Gasteiger partial charge in [-0.25, -0.2) is 4.79 Å². The molecule has 4 fully saturated rings. The number of aliphatic hydroxyl groups is 1. The summed E-state index contributed by atoms with van der Waals surface area (Å²) in [5, 5.41) is 11.7. The molecule has 0 radical (unpaired) electrons. The summed E-state index contributed by atoms with van der Waals surface area (Å²) >= 11 is 0. The average Bonchev–Trinajstić information content (AvgIpc) is 2.94. The highest BCUT2D eigenvalue weighted by atomic mass is 16.5. The molecule has 0 aromatic rings. The summed E-state index contributed by atoms with van der Waals surface area (Å²) in [5.41, 5.74) is 7.60. The van der Waals surface area contributed by atoms with Crippen LogP contribution in [0.2, 0.25) is 0 Å². The number of fused-ring (bicyclic) bond motifs is 5. The van der Waals surface area contributed by atoms with Crippen LogP contribution in [0.5, 0.6) is 0 Å². The molecular weight excluding hydrogens is 352 g/mol. The first-order valence-corrected chi connectivity index (χ1v) is 11.5. The molecule has 0 aliphatic heterocycles. The molecule has 5 nitrogen and oxygen atoms in total. The van der Waals surface area contributed by atoms with Crippen LogP contribution in [-0.2, 0) is 9.53 Å². The van der Waals surface area contributed by atoms with Crippen LogP contribution < -0.4 is 0 Å². The molecule has 156 valence electrons. The Morgan fingerprint density at radius 3 is 2.57 bits per heavy atom. The lowest BCUT2D eigenvalue weighted by Crippen LogP contribution is -2.58. The van der Waals surface area contributed by atoms with Gasteiger partial charge in [0.2, 0.25) is 0 Å². The Hall–Kier alpha value is -1.19. The molecule has 8 atom stereocenters. The molecule has 4 saturated carbocycles. The number of carbonyl (C=O) groups excluding carboxylic acids is 1. The lowest BCUT2D eigenvalue weighted by Gasteiger charge is -2.56. The van der Waals surface area contributed by atoms with Crippen molar-refractivity contribution in [2.24, 2.45) is 40.9 Å². The number of carbonyl (C=O) groups is 1. The smallest absolute Gasteiger partial charge is 0.420 e. The summed E-state index contributed by atoms with van der Waals surface area (Å²) in [4.78, 5) is 15.7. The van der Waals surface area contributed by atoms with Crippen LogP contribution in [0, 0.1) is 40.9 Å². The average molecular weight is 389 g/mol. The van der Waals surface area contributed by atoms with E-state index in [1.165, 1.54) is 32.1 Å². The van der Waals surface area contributed by atoms with Crippen LogP contribution >= 0.6 is 0 Å². The maximum atomic E-state index is 12.4. The topological polar surface area (TPSA) is 82.9 Å². The molecule has 4 aliphatic carbocycles. The van der Waals surface area contributed by atoms with Gasteiger partial charge in [-0.05, 0) is 93.8 Å². The molecule has 28 heavy (non-hydrogen) atoms. The van der Waals surface area contributed by atoms with E-state index in [4.69, 9.17) is 4.74 Å². The van der Waals surface area contributed by atoms with Gasteiger partial charge in [0.25, 0.3) is 0 Å². The molecule has 0 aromatic heterocycles. The van der Waals surface area contributed by atoms with E-state index in [9.17, 15) is 15.4 Å². The SMILES string of the molecule is CCOC(=O)C(=[N+]=[N-])C1(O)CC[C@H]2[C@@H]3CC[C@@H]4C[C@H](C)CC[C@@H]4[C@H]3CC[C@@]21C. The third-order valence-electron chi connectivity index (χ3n) is 9.33. The lowest BCUT2D eigenvalue weighted by atomic mass is 9.48. The van der Waals surface area contributed by atoms with Gasteiger partial charge in [-0.1, -0.05) is 20.3 Å². The van der Waals surface area contributed by atoms with Crippen molar-refractivity contribution < 1.29 is 19.4 Å². The summed E-state index contributed by atoms with van der Waals surface area (Å²) in [6.07, 6.45) is 10.1. The Bertz CT molecular complexity index is 687. The number of hydrogen-bond acceptors (Lipinski definition) is 3. The fourth-order valence-corrected chi connectivity index (χ4v) is 7.98. The third kappa shape index (κ3) is 2.81. The fraction of sp³-hybridized carbons (Fsp3) is 0.913. The number of rotatable bonds is 3. The number of ether oxygens (including phenoxy) is 1. The van der Waals surface area contributed by atoms with Crippen molar-refractivity contribution in [1.82, 2.24) is 0 Å². The molecular formula is C23H36N2O3. The van der Waals surface area contributed by atoms with E-state index in [1.54, 1.807) is 6.92 Å². The van der Waals surface area contributed by atoms with E-state index < -0.39 is 17.0 Å². The molecule has 0 spiro atoms. The van der Waals surface area contributed by atoms with Crippen LogP contribution in [0.1, 0.15) is 78.6 Å². The van der Waals surface area contributed by atoms with Crippen molar-refractivity contribution in [1.29, 1.82) is 0 Å². The summed E-state index contributed by atoms with van der Waals surface area (Å²) in [7, 11) is 0. The molecule has 4 rings (SSSR count). The Morgan fingerprint density at radius 1 is 1.11 bits per heavy atom. The van der Waals surface area contributed by atoms with Gasteiger partial charge in [-0.15, -0.1) is 0 Å². The Labute approximate surface area is 168 Å². The van der Waals surface area contributed by atoms with Crippen LogP contribution in [0.4, 0.5) is 0 Å². The molecule has 0 heterocycles. The normalized spacial score (nSPS) is 47.3. The molecule has 0 bridgehead atoms. The molecule has 0 amide bonds. The second-order valence-corrected chi connectivity index (χ2v) is 10.4. The molecule has 5 heteroatoms. The van der Waals surface area contributed by atoms with E-state index in [2.05, 4.69) is 18.6 Å². The second kappa shape index (κ2) is 7.25. The second-order valence-electron chi connectivity index (χ2n) is 10.4. The predicted octanol–water partition coefficient (Wildman–Crippen LogP) is 4.24. The van der Waals surface area contributed by atoms with Crippen LogP contribution in [0.25, 0.3) is 5.53 Å². The quantitative estimate of drug-likeness (QED) is 0.340. The van der Waals surface area contributed by atoms with E-state index in [-0.39, 0.29) is 12.3 Å². The van der Waals surface area contributed by atoms with Crippen LogP contribution in [-0.4, -0.2) is 33.8 Å². The number of nitrogens with zero attached hydrogens (tertiary/aromatic N) is 2. The zero-order valence-corrected chi connectivity index (χ0v) is 17.7. The van der Waals surface area contributed by atoms with Gasteiger partial charge >= 0.3 is 11.7 Å². The van der Waals surface area contributed by atoms with Gasteiger partial charge in [0.1, 0.15) is 0 Å². The van der Waals surface area contributed by atoms with Gasteiger partial charge in [-0.2, -0.15) is 4.79 Å². The van der Waals surface area contributed by atoms with E-state index >= 15 is 0 Å². The summed E-state index contributed by atoms with van der Waals surface area (Å²) in [6.45, 7) is 6.47. The van der Waals surface area contributed by atoms with E-state index in [0.717, 1.165) is 42.9 Å². The van der Waals surface area contributed by atoms with Crippen LogP contribution in [0.15, 0.2) is 0 Å². The summed E-state index contributed by atoms with van der Waals surface area (Å²) < 4.78 is 5.09. The third-order valence-corrected chi connectivity index (χ3v) is 9.33. The predicted molar refractivity (Wildman–Crippen MR) is 106 cm³/mol. The highest BCUT2D eigenvalue weighted by molar-refractivity contribution is 6.37. The summed E-state index contributed by atoms with van der Waals surface area (Å²) in [6, 6.07) is 0. The largest absolute Gasteiger partial charge is 0.457 e. The first-order chi connectivity index (χ1) is 13.4. The maximum Gasteiger partial charge on any atom is 0.420 e. The summed E-state index contributed by atoms with van der Waals surface area (Å²) in [5.74, 6) is 3.72. The number of esters is 1. The highest BCUT2D eigenvalue weighted by Gasteiger charge is 2.68. The molecule has 1 N–H and O–H groups in total. The first-order valence-electron chi connectivity index (χ1n) is 11.5. The zero-order chi connectivity index (χ0) is 20.1. The fourth-order valence-electron chi connectivity index (χ4n) is 7.98.